The average Bonchev–Trinajstić information content (AvgIpc) is 3.51. The Morgan fingerprint density at radius 3 is 1.63 bits per heavy atom. The van der Waals surface area contributed by atoms with E-state index in [4.69, 9.17) is 14.2 Å². The number of carbonyl (C=O) groups excluding carboxylic acids is 2. The van der Waals surface area contributed by atoms with Crippen molar-refractivity contribution in [3.63, 3.8) is 0 Å². The van der Waals surface area contributed by atoms with Crippen molar-refractivity contribution in [1.29, 1.82) is 0 Å². The standard InChI is InChI=1S/C33H63N3O5/c1-2-3-4-5-6-7-8-9-10-11-12-13-14-15-16-18-23-34-31(37)39-29-33(22-17-21-28-41-33)30-40-32(38)35-24-27-36-25-19-20-26-36/h2-30H2,1H3,(H,34,37)(H,35,38). The van der Waals surface area contributed by atoms with Crippen LogP contribution >= 0.6 is 0 Å². The van der Waals surface area contributed by atoms with Crippen LogP contribution in [0, 0.1) is 0 Å². The first-order chi connectivity index (χ1) is 20.1. The lowest BCUT2D eigenvalue weighted by Gasteiger charge is -2.36. The van der Waals surface area contributed by atoms with Gasteiger partial charge in [0.15, 0.2) is 0 Å². The molecule has 0 aliphatic carbocycles. The number of nitrogens with zero attached hydrogens (tertiary/aromatic N) is 1. The summed E-state index contributed by atoms with van der Waals surface area (Å²) >= 11 is 0. The lowest BCUT2D eigenvalue weighted by Crippen LogP contribution is -2.48. The molecule has 8 nitrogen and oxygen atoms in total. The van der Waals surface area contributed by atoms with Crippen molar-refractivity contribution in [2.24, 2.45) is 0 Å². The highest BCUT2D eigenvalue weighted by molar-refractivity contribution is 5.67. The van der Waals surface area contributed by atoms with Gasteiger partial charge in [-0.15, -0.1) is 0 Å². The van der Waals surface area contributed by atoms with E-state index in [9.17, 15) is 9.59 Å². The first kappa shape index (κ1) is 35.7. The van der Waals surface area contributed by atoms with Crippen molar-refractivity contribution >= 4 is 12.2 Å². The fourth-order valence-corrected chi connectivity index (χ4v) is 5.86. The molecule has 0 bridgehead atoms. The molecular formula is C33H63N3O5. The van der Waals surface area contributed by atoms with E-state index < -0.39 is 17.8 Å². The highest BCUT2D eigenvalue weighted by Crippen LogP contribution is 2.26. The molecule has 240 valence electrons. The zero-order valence-electron chi connectivity index (χ0n) is 26.5. The summed E-state index contributed by atoms with van der Waals surface area (Å²) in [5, 5.41) is 5.69. The number of rotatable bonds is 24. The zero-order chi connectivity index (χ0) is 29.3. The maximum atomic E-state index is 12.3. The maximum Gasteiger partial charge on any atom is 0.407 e. The van der Waals surface area contributed by atoms with Crippen molar-refractivity contribution in [2.75, 3.05) is 52.5 Å². The Balaban J connectivity index is 1.41. The van der Waals surface area contributed by atoms with Crippen molar-refractivity contribution in [3.8, 4) is 0 Å². The minimum atomic E-state index is -0.754. The van der Waals surface area contributed by atoms with Gasteiger partial charge < -0.3 is 29.7 Å². The highest BCUT2D eigenvalue weighted by atomic mass is 16.6. The molecule has 0 aromatic carbocycles. The molecule has 2 fully saturated rings. The Morgan fingerprint density at radius 2 is 1.15 bits per heavy atom. The van der Waals surface area contributed by atoms with E-state index in [2.05, 4.69) is 22.5 Å². The molecule has 2 saturated heterocycles. The lowest BCUT2D eigenvalue weighted by atomic mass is 9.95. The third-order valence-electron chi connectivity index (χ3n) is 8.56. The van der Waals surface area contributed by atoms with Crippen LogP contribution in [0.15, 0.2) is 0 Å². The summed E-state index contributed by atoms with van der Waals surface area (Å²) in [6, 6.07) is 0. The van der Waals surface area contributed by atoms with E-state index in [0.717, 1.165) is 45.3 Å². The molecule has 0 aromatic rings. The zero-order valence-corrected chi connectivity index (χ0v) is 26.5. The van der Waals surface area contributed by atoms with Crippen LogP contribution in [-0.4, -0.2) is 75.2 Å². The van der Waals surface area contributed by atoms with Crippen LogP contribution in [0.1, 0.15) is 142 Å². The number of carbonyl (C=O) groups is 2. The van der Waals surface area contributed by atoms with Gasteiger partial charge in [-0.3, -0.25) is 0 Å². The number of likely N-dealkylation sites (tertiary alicyclic amines) is 1. The van der Waals surface area contributed by atoms with Gasteiger partial charge in [-0.1, -0.05) is 103 Å². The summed E-state index contributed by atoms with van der Waals surface area (Å²) in [6.07, 6.45) is 25.6. The van der Waals surface area contributed by atoms with Gasteiger partial charge in [-0.25, -0.2) is 9.59 Å². The Hall–Kier alpha value is -1.54. The van der Waals surface area contributed by atoms with Gasteiger partial charge in [-0.2, -0.15) is 0 Å². The predicted molar refractivity (Wildman–Crippen MR) is 166 cm³/mol. The minimum absolute atomic E-state index is 0.0922. The van der Waals surface area contributed by atoms with Crippen LogP contribution in [-0.2, 0) is 14.2 Å². The quantitative estimate of drug-likeness (QED) is 0.113. The molecule has 2 N–H and O–H groups in total. The molecule has 1 unspecified atom stereocenters. The Morgan fingerprint density at radius 1 is 0.659 bits per heavy atom. The molecule has 2 aliphatic rings. The smallest absolute Gasteiger partial charge is 0.407 e. The summed E-state index contributed by atoms with van der Waals surface area (Å²) in [6.45, 7) is 7.31. The van der Waals surface area contributed by atoms with E-state index in [1.807, 2.05) is 0 Å². The normalized spacial score (nSPS) is 19.2. The van der Waals surface area contributed by atoms with E-state index in [0.29, 0.717) is 26.1 Å². The molecule has 2 amide bonds. The van der Waals surface area contributed by atoms with Crippen LogP contribution in [0.4, 0.5) is 9.59 Å². The van der Waals surface area contributed by atoms with Gasteiger partial charge >= 0.3 is 12.2 Å². The van der Waals surface area contributed by atoms with Crippen molar-refractivity contribution < 1.29 is 23.8 Å². The Kier molecular flexibility index (Phi) is 20.8. The topological polar surface area (TPSA) is 89.1 Å². The number of hydrogen-bond acceptors (Lipinski definition) is 6. The largest absolute Gasteiger partial charge is 0.446 e. The second-order valence-corrected chi connectivity index (χ2v) is 12.3. The van der Waals surface area contributed by atoms with Crippen molar-refractivity contribution in [2.45, 2.75) is 147 Å². The molecule has 2 heterocycles. The fourth-order valence-electron chi connectivity index (χ4n) is 5.86. The molecule has 0 saturated carbocycles. The third-order valence-corrected chi connectivity index (χ3v) is 8.56. The van der Waals surface area contributed by atoms with Crippen LogP contribution < -0.4 is 10.6 Å². The highest BCUT2D eigenvalue weighted by Gasteiger charge is 2.36. The van der Waals surface area contributed by atoms with Gasteiger partial charge in [-0.05, 0) is 51.6 Å². The molecule has 0 aromatic heterocycles. The first-order valence-electron chi connectivity index (χ1n) is 17.3. The van der Waals surface area contributed by atoms with Crippen molar-refractivity contribution in [3.05, 3.63) is 0 Å². The molecule has 2 rings (SSSR count). The van der Waals surface area contributed by atoms with Crippen LogP contribution in [0.3, 0.4) is 0 Å². The summed E-state index contributed by atoms with van der Waals surface area (Å²) < 4.78 is 16.9. The molecule has 0 radical (unpaired) electrons. The third kappa shape index (κ3) is 18.6. The summed E-state index contributed by atoms with van der Waals surface area (Å²) in [5.41, 5.74) is -0.754. The van der Waals surface area contributed by atoms with Gasteiger partial charge in [0, 0.05) is 26.2 Å². The van der Waals surface area contributed by atoms with E-state index in [1.54, 1.807) is 0 Å². The number of amides is 2. The van der Waals surface area contributed by atoms with Crippen molar-refractivity contribution in [1.82, 2.24) is 15.5 Å². The van der Waals surface area contributed by atoms with Crippen LogP contribution in [0.25, 0.3) is 0 Å². The summed E-state index contributed by atoms with van der Waals surface area (Å²) in [4.78, 5) is 26.8. The SMILES string of the molecule is CCCCCCCCCCCCCCCCCCNC(=O)OCC1(COC(=O)NCCN2CCCC2)CCCCO1. The Labute approximate surface area is 251 Å². The molecule has 1 atom stereocenters. The molecule has 41 heavy (non-hydrogen) atoms. The Bertz CT molecular complexity index is 651. The molecule has 0 spiro atoms. The molecule has 8 heteroatoms. The fraction of sp³-hybridized carbons (Fsp3) is 0.939. The average molecular weight is 582 g/mol. The molecule has 2 aliphatic heterocycles. The van der Waals surface area contributed by atoms with E-state index in [1.165, 1.54) is 103 Å². The first-order valence-corrected chi connectivity index (χ1v) is 17.3. The number of alkyl carbamates (subject to hydrolysis) is 2. The second kappa shape index (κ2) is 24.0. The van der Waals surface area contributed by atoms with E-state index in [-0.39, 0.29) is 13.2 Å². The minimum Gasteiger partial charge on any atom is -0.446 e. The summed E-state index contributed by atoms with van der Waals surface area (Å²) in [7, 11) is 0. The van der Waals surface area contributed by atoms with Gasteiger partial charge in [0.2, 0.25) is 0 Å². The predicted octanol–water partition coefficient (Wildman–Crippen LogP) is 7.74. The number of hydrogen-bond donors (Lipinski definition) is 2. The number of unbranched alkanes of at least 4 members (excludes halogenated alkanes) is 15. The molecular weight excluding hydrogens is 518 g/mol. The maximum absolute atomic E-state index is 12.3. The van der Waals surface area contributed by atoms with Gasteiger partial charge in [0.25, 0.3) is 0 Å². The number of nitrogens with one attached hydrogen (secondary N) is 2. The van der Waals surface area contributed by atoms with Gasteiger partial charge in [0.1, 0.15) is 18.8 Å². The monoisotopic (exact) mass is 581 g/mol. The summed E-state index contributed by atoms with van der Waals surface area (Å²) in [5.74, 6) is 0. The van der Waals surface area contributed by atoms with Gasteiger partial charge in [0.05, 0.1) is 0 Å². The van der Waals surface area contributed by atoms with Crippen LogP contribution in [0.2, 0.25) is 0 Å². The van der Waals surface area contributed by atoms with Crippen LogP contribution in [0.5, 0.6) is 0 Å². The van der Waals surface area contributed by atoms with E-state index >= 15 is 0 Å². The second-order valence-electron chi connectivity index (χ2n) is 12.3. The number of ether oxygens (including phenoxy) is 3. The lowest BCUT2D eigenvalue weighted by molar-refractivity contribution is -0.134.